The van der Waals surface area contributed by atoms with Gasteiger partial charge >= 0.3 is 0 Å². The Balaban J connectivity index is 1.43. The van der Waals surface area contributed by atoms with E-state index in [2.05, 4.69) is 15.5 Å². The number of methoxy groups -OCH3 is 2. The predicted molar refractivity (Wildman–Crippen MR) is 111 cm³/mol. The first-order valence-electron chi connectivity index (χ1n) is 9.66. The zero-order chi connectivity index (χ0) is 21.3. The molecule has 0 saturated heterocycles. The van der Waals surface area contributed by atoms with Crippen LogP contribution in [-0.4, -0.2) is 43.5 Å². The maximum Gasteiger partial charge on any atom is 0.257 e. The predicted octanol–water partition coefficient (Wildman–Crippen LogP) is 3.05. The number of nitrogens with one attached hydrogen (secondary N) is 1. The molecule has 3 rings (SSSR count). The highest BCUT2D eigenvalue weighted by Crippen LogP contribution is 2.27. The summed E-state index contributed by atoms with van der Waals surface area (Å²) in [6.45, 7) is 2.38. The molecule has 2 aromatic carbocycles. The van der Waals surface area contributed by atoms with Crippen molar-refractivity contribution in [2.24, 2.45) is 0 Å². The Morgan fingerprint density at radius 1 is 1.03 bits per heavy atom. The number of ether oxygens (including phenoxy) is 3. The molecule has 1 N–H and O–H groups in total. The van der Waals surface area contributed by atoms with Crippen LogP contribution in [0.5, 0.6) is 17.2 Å². The van der Waals surface area contributed by atoms with Gasteiger partial charge in [0.2, 0.25) is 11.8 Å². The molecule has 158 valence electrons. The molecular weight excluding hydrogens is 386 g/mol. The highest BCUT2D eigenvalue weighted by atomic mass is 16.5. The van der Waals surface area contributed by atoms with Gasteiger partial charge in [0, 0.05) is 18.5 Å². The Morgan fingerprint density at radius 3 is 2.47 bits per heavy atom. The second kappa shape index (κ2) is 10.3. The van der Waals surface area contributed by atoms with Crippen LogP contribution in [0.2, 0.25) is 0 Å². The number of carbonyl (C=O) groups excluding carboxylic acids is 1. The Hall–Kier alpha value is -3.55. The van der Waals surface area contributed by atoms with Crippen LogP contribution < -0.4 is 19.5 Å². The van der Waals surface area contributed by atoms with Crippen molar-refractivity contribution < 1.29 is 23.4 Å². The summed E-state index contributed by atoms with van der Waals surface area (Å²) in [7, 11) is 3.19. The number of nitrogens with zero attached hydrogens (tertiary/aromatic N) is 2. The summed E-state index contributed by atoms with van der Waals surface area (Å²) in [6, 6.07) is 12.9. The minimum Gasteiger partial charge on any atom is -0.493 e. The summed E-state index contributed by atoms with van der Waals surface area (Å²) in [6.07, 6.45) is 1.36. The molecule has 0 aliphatic carbocycles. The van der Waals surface area contributed by atoms with E-state index in [0.717, 1.165) is 11.1 Å². The number of carbonyl (C=O) groups is 1. The lowest BCUT2D eigenvalue weighted by Crippen LogP contribution is -2.30. The molecule has 3 aromatic rings. The number of rotatable bonds is 10. The lowest BCUT2D eigenvalue weighted by molar-refractivity contribution is -0.123. The number of hydrogen-bond acceptors (Lipinski definition) is 7. The van der Waals surface area contributed by atoms with Crippen LogP contribution in [0.25, 0.3) is 11.5 Å². The third-order valence-corrected chi connectivity index (χ3v) is 4.42. The van der Waals surface area contributed by atoms with Gasteiger partial charge in [-0.15, -0.1) is 10.2 Å². The summed E-state index contributed by atoms with van der Waals surface area (Å²) in [5.74, 6) is 2.80. The average Bonchev–Trinajstić information content (AvgIpc) is 3.27. The SMILES string of the molecule is CCc1nnc(-c2ccc(OCC(=O)NCCc3ccc(OC)c(OC)c3)cc2)o1. The Bertz CT molecular complexity index is 969. The largest absolute Gasteiger partial charge is 0.493 e. The Morgan fingerprint density at radius 2 is 1.80 bits per heavy atom. The highest BCUT2D eigenvalue weighted by Gasteiger charge is 2.09. The van der Waals surface area contributed by atoms with Crippen LogP contribution in [0.3, 0.4) is 0 Å². The van der Waals surface area contributed by atoms with Crippen LogP contribution in [-0.2, 0) is 17.6 Å². The van der Waals surface area contributed by atoms with Crippen LogP contribution >= 0.6 is 0 Å². The van der Waals surface area contributed by atoms with Gasteiger partial charge in [0.25, 0.3) is 5.91 Å². The van der Waals surface area contributed by atoms with Gasteiger partial charge in [-0.05, 0) is 48.4 Å². The van der Waals surface area contributed by atoms with E-state index in [-0.39, 0.29) is 12.5 Å². The standard InChI is InChI=1S/C22H25N3O5/c1-4-21-24-25-22(30-21)16-6-8-17(9-7-16)29-14-20(26)23-12-11-15-5-10-18(27-2)19(13-15)28-3/h5-10,13H,4,11-12,14H2,1-3H3,(H,23,26). The molecule has 30 heavy (non-hydrogen) atoms. The molecule has 0 saturated carbocycles. The molecule has 8 nitrogen and oxygen atoms in total. The van der Waals surface area contributed by atoms with Gasteiger partial charge in [0.05, 0.1) is 14.2 Å². The second-order valence-corrected chi connectivity index (χ2v) is 6.46. The zero-order valence-corrected chi connectivity index (χ0v) is 17.3. The molecule has 8 heteroatoms. The van der Waals surface area contributed by atoms with Crippen molar-refractivity contribution >= 4 is 5.91 Å². The van der Waals surface area contributed by atoms with Crippen LogP contribution in [0, 0.1) is 0 Å². The average molecular weight is 411 g/mol. The number of aryl methyl sites for hydroxylation is 1. The molecule has 0 bridgehead atoms. The van der Waals surface area contributed by atoms with E-state index in [1.165, 1.54) is 0 Å². The van der Waals surface area contributed by atoms with Crippen LogP contribution in [0.1, 0.15) is 18.4 Å². The first-order chi connectivity index (χ1) is 14.6. The summed E-state index contributed by atoms with van der Waals surface area (Å²) >= 11 is 0. The molecule has 0 aliphatic heterocycles. The van der Waals surface area contributed by atoms with Crippen molar-refractivity contribution in [1.29, 1.82) is 0 Å². The smallest absolute Gasteiger partial charge is 0.257 e. The van der Waals surface area contributed by atoms with Crippen LogP contribution in [0.4, 0.5) is 0 Å². The first kappa shape index (κ1) is 21.2. The molecule has 0 unspecified atom stereocenters. The molecule has 0 fully saturated rings. The highest BCUT2D eigenvalue weighted by molar-refractivity contribution is 5.77. The third-order valence-electron chi connectivity index (χ3n) is 4.42. The van der Waals surface area contributed by atoms with E-state index in [0.29, 0.717) is 48.4 Å². The Labute approximate surface area is 175 Å². The van der Waals surface area contributed by atoms with E-state index in [4.69, 9.17) is 18.6 Å². The molecule has 0 atom stereocenters. The topological polar surface area (TPSA) is 95.7 Å². The summed E-state index contributed by atoms with van der Waals surface area (Å²) in [4.78, 5) is 12.0. The van der Waals surface area contributed by atoms with Crippen molar-refractivity contribution in [3.05, 3.63) is 53.9 Å². The molecule has 0 spiro atoms. The number of benzene rings is 2. The van der Waals surface area contributed by atoms with E-state index in [1.807, 2.05) is 37.3 Å². The quantitative estimate of drug-likeness (QED) is 0.548. The number of amides is 1. The fraction of sp³-hybridized carbons (Fsp3) is 0.318. The minimum atomic E-state index is -0.191. The van der Waals surface area contributed by atoms with Crippen molar-refractivity contribution in [3.8, 4) is 28.7 Å². The summed E-state index contributed by atoms with van der Waals surface area (Å²) in [5, 5.41) is 10.8. The maximum absolute atomic E-state index is 12.0. The fourth-order valence-corrected chi connectivity index (χ4v) is 2.79. The van der Waals surface area contributed by atoms with Gasteiger partial charge in [-0.3, -0.25) is 4.79 Å². The van der Waals surface area contributed by atoms with Crippen molar-refractivity contribution in [1.82, 2.24) is 15.5 Å². The fourth-order valence-electron chi connectivity index (χ4n) is 2.79. The minimum absolute atomic E-state index is 0.0637. The second-order valence-electron chi connectivity index (χ2n) is 6.46. The van der Waals surface area contributed by atoms with E-state index in [1.54, 1.807) is 26.4 Å². The van der Waals surface area contributed by atoms with Crippen molar-refractivity contribution in [3.63, 3.8) is 0 Å². The van der Waals surface area contributed by atoms with Crippen molar-refractivity contribution in [2.75, 3.05) is 27.4 Å². The zero-order valence-electron chi connectivity index (χ0n) is 17.3. The van der Waals surface area contributed by atoms with E-state index < -0.39 is 0 Å². The molecule has 1 heterocycles. The van der Waals surface area contributed by atoms with E-state index in [9.17, 15) is 4.79 Å². The third kappa shape index (κ3) is 5.50. The lowest BCUT2D eigenvalue weighted by Gasteiger charge is -2.10. The molecule has 0 aliphatic rings. The van der Waals surface area contributed by atoms with Gasteiger partial charge in [0.15, 0.2) is 18.1 Å². The van der Waals surface area contributed by atoms with Gasteiger partial charge in [0.1, 0.15) is 5.75 Å². The van der Waals surface area contributed by atoms with Gasteiger partial charge in [-0.25, -0.2) is 0 Å². The maximum atomic E-state index is 12.0. The molecule has 0 radical (unpaired) electrons. The first-order valence-corrected chi connectivity index (χ1v) is 9.66. The van der Waals surface area contributed by atoms with Crippen molar-refractivity contribution in [2.45, 2.75) is 19.8 Å². The monoisotopic (exact) mass is 411 g/mol. The summed E-state index contributed by atoms with van der Waals surface area (Å²) in [5.41, 5.74) is 1.84. The molecular formula is C22H25N3O5. The van der Waals surface area contributed by atoms with Gasteiger partial charge in [-0.2, -0.15) is 0 Å². The van der Waals surface area contributed by atoms with Gasteiger partial charge in [-0.1, -0.05) is 13.0 Å². The lowest BCUT2D eigenvalue weighted by atomic mass is 10.1. The number of hydrogen-bond donors (Lipinski definition) is 1. The van der Waals surface area contributed by atoms with Gasteiger partial charge < -0.3 is 23.9 Å². The molecule has 1 amide bonds. The summed E-state index contributed by atoms with van der Waals surface area (Å²) < 4.78 is 21.6. The normalized spacial score (nSPS) is 10.5. The van der Waals surface area contributed by atoms with Crippen LogP contribution in [0.15, 0.2) is 46.9 Å². The molecule has 1 aromatic heterocycles. The van der Waals surface area contributed by atoms with E-state index >= 15 is 0 Å². The Kier molecular flexibility index (Phi) is 7.26. The number of aromatic nitrogens is 2.